The maximum atomic E-state index is 14.5. The van der Waals surface area contributed by atoms with E-state index in [-0.39, 0.29) is 31.6 Å². The van der Waals surface area contributed by atoms with Gasteiger partial charge in [-0.1, -0.05) is 50.9 Å². The summed E-state index contributed by atoms with van der Waals surface area (Å²) in [5.41, 5.74) is -1.62. The molecule has 0 radical (unpaired) electrons. The summed E-state index contributed by atoms with van der Waals surface area (Å²) in [4.78, 5) is 77.0. The van der Waals surface area contributed by atoms with E-state index in [4.69, 9.17) is 30.6 Å². The molecule has 0 saturated carbocycles. The van der Waals surface area contributed by atoms with E-state index in [0.717, 1.165) is 6.42 Å². The number of Topliss-reactive ketones (excluding diaryl/α,β-unsaturated/α-hetero) is 2. The molecule has 0 aromatic heterocycles. The van der Waals surface area contributed by atoms with Crippen LogP contribution in [0, 0.1) is 11.3 Å². The minimum absolute atomic E-state index is 0.0247. The number of ether oxygens (including phenoxy) is 3. The lowest BCUT2D eigenvalue weighted by Gasteiger charge is -2.36. The van der Waals surface area contributed by atoms with Crippen LogP contribution < -0.4 is 14.8 Å². The summed E-state index contributed by atoms with van der Waals surface area (Å²) < 4.78 is 16.4. The maximum absolute atomic E-state index is 14.5. The number of carbonyl (C=O) groups excluding carboxylic acids is 5. The normalized spacial score (nSPS) is 21.5. The number of alkyl carbamates (subject to hydrolysis) is 1. The van der Waals surface area contributed by atoms with Crippen LogP contribution in [0.25, 0.3) is 0 Å². The van der Waals surface area contributed by atoms with Gasteiger partial charge in [0, 0.05) is 49.9 Å². The van der Waals surface area contributed by atoms with E-state index in [0.29, 0.717) is 53.7 Å². The van der Waals surface area contributed by atoms with Crippen LogP contribution in [0.3, 0.4) is 0 Å². The summed E-state index contributed by atoms with van der Waals surface area (Å²) in [6, 6.07) is 1.21. The molecule has 13 nitrogen and oxygen atoms in total. The van der Waals surface area contributed by atoms with Crippen molar-refractivity contribution in [1.82, 2.24) is 15.1 Å². The summed E-state index contributed by atoms with van der Waals surface area (Å²) in [6.07, 6.45) is 1.08. The monoisotopic (exact) mass is 718 g/mol. The number of oxime groups is 1. The predicted octanol–water partition coefficient (Wildman–Crippen LogP) is 4.94. The Morgan fingerprint density at radius 2 is 1.72 bits per heavy atom. The van der Waals surface area contributed by atoms with E-state index in [2.05, 4.69) is 10.5 Å². The average molecular weight is 719 g/mol. The summed E-state index contributed by atoms with van der Waals surface area (Å²) in [7, 11) is 3.00. The van der Waals surface area contributed by atoms with Gasteiger partial charge in [0.05, 0.1) is 37.5 Å². The highest BCUT2D eigenvalue weighted by Crippen LogP contribution is 2.43. The third-order valence-electron chi connectivity index (χ3n) is 9.26. The van der Waals surface area contributed by atoms with Gasteiger partial charge in [0.15, 0.2) is 11.4 Å². The Balaban J connectivity index is 1.67. The number of carbonyl (C=O) groups is 5. The molecule has 2 fully saturated rings. The minimum atomic E-state index is -1.10. The quantitative estimate of drug-likeness (QED) is 0.296. The van der Waals surface area contributed by atoms with Gasteiger partial charge in [-0.05, 0) is 45.1 Å². The molecule has 3 amide bonds. The van der Waals surface area contributed by atoms with Gasteiger partial charge < -0.3 is 34.2 Å². The minimum Gasteiger partial charge on any atom is -0.496 e. The largest absolute Gasteiger partial charge is 0.496 e. The van der Waals surface area contributed by atoms with Crippen molar-refractivity contribution in [3.05, 3.63) is 22.7 Å². The molecule has 4 atom stereocenters. The summed E-state index contributed by atoms with van der Waals surface area (Å²) in [6.45, 7) is 13.5. The highest BCUT2D eigenvalue weighted by molar-refractivity contribution is 6.37. The van der Waals surface area contributed by atoms with Gasteiger partial charge in [-0.15, -0.1) is 0 Å². The lowest BCUT2D eigenvalue weighted by Crippen LogP contribution is -2.57. The molecular formula is C36H51ClN4O9. The van der Waals surface area contributed by atoms with Crippen molar-refractivity contribution in [2.24, 2.45) is 16.5 Å². The number of hydrogen-bond acceptors (Lipinski definition) is 10. The topological polar surface area (TPSA) is 153 Å². The van der Waals surface area contributed by atoms with Gasteiger partial charge in [-0.25, -0.2) is 4.79 Å². The predicted molar refractivity (Wildman–Crippen MR) is 186 cm³/mol. The van der Waals surface area contributed by atoms with E-state index in [9.17, 15) is 24.0 Å². The number of halogens is 1. The fourth-order valence-electron chi connectivity index (χ4n) is 6.56. The third kappa shape index (κ3) is 8.70. The lowest BCUT2D eigenvalue weighted by molar-refractivity contribution is -0.150. The second kappa shape index (κ2) is 15.2. The Morgan fingerprint density at radius 3 is 2.26 bits per heavy atom. The highest BCUT2D eigenvalue weighted by Gasteiger charge is 2.56. The zero-order valence-corrected chi connectivity index (χ0v) is 31.4. The Labute approximate surface area is 299 Å². The van der Waals surface area contributed by atoms with E-state index in [1.165, 1.54) is 24.0 Å². The van der Waals surface area contributed by atoms with Crippen molar-refractivity contribution in [2.45, 2.75) is 110 Å². The van der Waals surface area contributed by atoms with Crippen LogP contribution in [0.15, 0.2) is 17.3 Å². The molecule has 276 valence electrons. The van der Waals surface area contributed by atoms with Crippen molar-refractivity contribution < 1.29 is 43.0 Å². The summed E-state index contributed by atoms with van der Waals surface area (Å²) >= 11 is 6.46. The second-order valence-corrected chi connectivity index (χ2v) is 15.9. The van der Waals surface area contributed by atoms with Gasteiger partial charge in [-0.3, -0.25) is 19.2 Å². The first-order valence-electron chi connectivity index (χ1n) is 17.2. The Morgan fingerprint density at radius 1 is 1.06 bits per heavy atom. The van der Waals surface area contributed by atoms with E-state index in [1.807, 2.05) is 6.92 Å². The standard InChI is InChI=1S/C36H51ClN4O9/c1-10-12-21(29(43)31(44)40-13-11-14-40)15-26(42)25-19-36(18-24(39-50-36)22-16-23(37)28(48-9)17-27(22)47-8)20-41(25)32(45)30(34(2,3)4)38-33(46)49-35(5,6)7/h16-17,21,25,30H,10-15,18-20H2,1-9H3,(H,38,46)/t21-,25+,30-,36-/m1/s1. The number of hydrogen-bond donors (Lipinski definition) is 1. The molecule has 2 saturated heterocycles. The second-order valence-electron chi connectivity index (χ2n) is 15.5. The molecule has 3 heterocycles. The number of ketones is 2. The maximum Gasteiger partial charge on any atom is 0.408 e. The summed E-state index contributed by atoms with van der Waals surface area (Å²) in [5, 5.41) is 7.46. The Kier molecular flexibility index (Phi) is 11.8. The van der Waals surface area contributed by atoms with Crippen molar-refractivity contribution in [3.8, 4) is 11.5 Å². The molecule has 0 unspecified atom stereocenters. The number of methoxy groups -OCH3 is 2. The van der Waals surface area contributed by atoms with Crippen molar-refractivity contribution in [3.63, 3.8) is 0 Å². The zero-order valence-electron chi connectivity index (χ0n) is 30.6. The van der Waals surface area contributed by atoms with Crippen LogP contribution in [-0.2, 0) is 28.8 Å². The van der Waals surface area contributed by atoms with Gasteiger partial charge in [0.1, 0.15) is 23.1 Å². The highest BCUT2D eigenvalue weighted by atomic mass is 35.5. The molecule has 1 N–H and O–H groups in total. The van der Waals surface area contributed by atoms with Gasteiger partial charge >= 0.3 is 6.09 Å². The van der Waals surface area contributed by atoms with Crippen LogP contribution in [0.1, 0.15) is 92.6 Å². The van der Waals surface area contributed by atoms with Crippen molar-refractivity contribution in [2.75, 3.05) is 33.9 Å². The Hall–Kier alpha value is -3.87. The number of likely N-dealkylation sites (tertiary alicyclic amines) is 2. The smallest absolute Gasteiger partial charge is 0.408 e. The number of nitrogens with zero attached hydrogens (tertiary/aromatic N) is 3. The average Bonchev–Trinajstić information content (AvgIpc) is 3.59. The van der Waals surface area contributed by atoms with Gasteiger partial charge in [0.25, 0.3) is 5.91 Å². The van der Waals surface area contributed by atoms with E-state index < -0.39 is 58.3 Å². The first-order chi connectivity index (χ1) is 23.3. The number of benzene rings is 1. The van der Waals surface area contributed by atoms with Crippen LogP contribution >= 0.6 is 11.6 Å². The SMILES string of the molecule is CCC[C@H](CC(=O)[C@@H]1C[C@]2(CC(c3cc(Cl)c(OC)cc3OC)=NO2)CN1C(=O)[C@@H](NC(=O)OC(C)(C)C)C(C)(C)C)C(=O)C(=O)N1CCC1. The van der Waals surface area contributed by atoms with E-state index >= 15 is 0 Å². The van der Waals surface area contributed by atoms with Crippen molar-refractivity contribution in [1.29, 1.82) is 0 Å². The van der Waals surface area contributed by atoms with Crippen LogP contribution in [0.4, 0.5) is 4.79 Å². The summed E-state index contributed by atoms with van der Waals surface area (Å²) in [5.74, 6) is -1.99. The molecule has 50 heavy (non-hydrogen) atoms. The van der Waals surface area contributed by atoms with Gasteiger partial charge in [0.2, 0.25) is 11.7 Å². The lowest BCUT2D eigenvalue weighted by atomic mass is 9.85. The third-order valence-corrected chi connectivity index (χ3v) is 9.56. The molecule has 1 aromatic rings. The van der Waals surface area contributed by atoms with Gasteiger partial charge in [-0.2, -0.15) is 0 Å². The Bertz CT molecular complexity index is 1530. The van der Waals surface area contributed by atoms with Crippen LogP contribution in [0.2, 0.25) is 5.02 Å². The fraction of sp³-hybridized carbons (Fsp3) is 0.667. The molecule has 0 aliphatic carbocycles. The van der Waals surface area contributed by atoms with Crippen LogP contribution in [0.5, 0.6) is 11.5 Å². The molecule has 3 aliphatic heterocycles. The molecule has 3 aliphatic rings. The molecule has 1 spiro atoms. The fourth-order valence-corrected chi connectivity index (χ4v) is 6.80. The molecule has 14 heteroatoms. The molecule has 4 rings (SSSR count). The molecule has 0 bridgehead atoms. The van der Waals surface area contributed by atoms with Crippen molar-refractivity contribution >= 4 is 46.8 Å². The number of nitrogens with one attached hydrogen (secondary N) is 1. The van der Waals surface area contributed by atoms with E-state index in [1.54, 1.807) is 53.7 Å². The van der Waals surface area contributed by atoms with Crippen LogP contribution in [-0.4, -0.2) is 102 Å². The number of amides is 3. The zero-order chi connectivity index (χ0) is 37.2. The molecule has 1 aromatic carbocycles. The first-order valence-corrected chi connectivity index (χ1v) is 17.5. The first kappa shape index (κ1) is 38.9. The molecular weight excluding hydrogens is 668 g/mol. The number of rotatable bonds is 12.